The van der Waals surface area contributed by atoms with Gasteiger partial charge in [0.05, 0.1) is 0 Å². The zero-order valence-corrected chi connectivity index (χ0v) is 14.4. The molecule has 2 rings (SSSR count). The first-order chi connectivity index (χ1) is 10.1. The van der Waals surface area contributed by atoms with Gasteiger partial charge in [-0.15, -0.1) is 6.58 Å². The Bertz CT molecular complexity index is 497. The van der Waals surface area contributed by atoms with Crippen molar-refractivity contribution >= 4 is 11.8 Å². The third kappa shape index (κ3) is 2.63. The zero-order valence-electron chi connectivity index (χ0n) is 14.4. The van der Waals surface area contributed by atoms with Crippen LogP contribution in [0.1, 0.15) is 66.2 Å². The van der Waals surface area contributed by atoms with Gasteiger partial charge >= 0.3 is 5.97 Å². The van der Waals surface area contributed by atoms with Crippen molar-refractivity contribution in [2.75, 3.05) is 0 Å². The molecule has 2 aliphatic rings. The topological polar surface area (TPSA) is 54.4 Å². The van der Waals surface area contributed by atoms with E-state index >= 15 is 0 Å². The Balaban J connectivity index is 2.40. The molecule has 2 saturated carbocycles. The van der Waals surface area contributed by atoms with Crippen molar-refractivity contribution < 1.29 is 14.7 Å². The number of rotatable bonds is 4. The fourth-order valence-electron chi connectivity index (χ4n) is 5.16. The van der Waals surface area contributed by atoms with Crippen LogP contribution in [0.3, 0.4) is 0 Å². The van der Waals surface area contributed by atoms with Gasteiger partial charge in [-0.2, -0.15) is 0 Å². The molecule has 0 radical (unpaired) electrons. The summed E-state index contributed by atoms with van der Waals surface area (Å²) in [5.41, 5.74) is -0.396. The third-order valence-corrected chi connectivity index (χ3v) is 7.13. The maximum absolute atomic E-state index is 12.3. The number of carboxylic acid groups (broad SMARTS) is 1. The number of carboxylic acids is 1. The van der Waals surface area contributed by atoms with Crippen molar-refractivity contribution in [3.8, 4) is 0 Å². The van der Waals surface area contributed by atoms with E-state index < -0.39 is 11.4 Å². The molecule has 1 N–H and O–H groups in total. The van der Waals surface area contributed by atoms with Crippen LogP contribution in [0.25, 0.3) is 0 Å². The van der Waals surface area contributed by atoms with Crippen LogP contribution in [0.4, 0.5) is 0 Å². The average Bonchev–Trinajstić information content (AvgIpc) is 2.44. The van der Waals surface area contributed by atoms with Crippen LogP contribution in [0, 0.1) is 28.1 Å². The van der Waals surface area contributed by atoms with Gasteiger partial charge in [-0.25, -0.2) is 0 Å². The lowest BCUT2D eigenvalue weighted by molar-refractivity contribution is -0.157. The van der Waals surface area contributed by atoms with Gasteiger partial charge in [-0.3, -0.25) is 9.59 Å². The van der Waals surface area contributed by atoms with E-state index in [-0.39, 0.29) is 29.0 Å². The quantitative estimate of drug-likeness (QED) is 0.780. The van der Waals surface area contributed by atoms with Crippen LogP contribution < -0.4 is 0 Å². The number of hydrogen-bond acceptors (Lipinski definition) is 2. The fourth-order valence-corrected chi connectivity index (χ4v) is 5.16. The molecular weight excluding hydrogens is 276 g/mol. The van der Waals surface area contributed by atoms with E-state index in [1.165, 1.54) is 0 Å². The standard InChI is InChI=1S/C19H30O3/c1-6-17(3)9-10-19(5)14(12-17)7-8-18(4,13(2)20)15(19)11-16(21)22/h6,14-15H,1,7-12H2,2-5H3,(H,21,22)/t14-,15-,17-,18+,19-/m0/s1. The summed E-state index contributed by atoms with van der Waals surface area (Å²) in [5.74, 6) is -0.212. The van der Waals surface area contributed by atoms with E-state index in [1.807, 2.05) is 6.92 Å². The summed E-state index contributed by atoms with van der Waals surface area (Å²) in [6.07, 6.45) is 7.09. The first-order valence-electron chi connectivity index (χ1n) is 8.44. The molecule has 0 spiro atoms. The van der Waals surface area contributed by atoms with Crippen LogP contribution in [0.5, 0.6) is 0 Å². The van der Waals surface area contributed by atoms with Gasteiger partial charge in [0.2, 0.25) is 0 Å². The summed E-state index contributed by atoms with van der Waals surface area (Å²) in [5, 5.41) is 9.41. The van der Waals surface area contributed by atoms with Gasteiger partial charge in [0.25, 0.3) is 0 Å². The number of hydrogen-bond donors (Lipinski definition) is 1. The molecule has 22 heavy (non-hydrogen) atoms. The molecule has 124 valence electrons. The molecule has 0 aromatic rings. The Morgan fingerprint density at radius 1 is 1.23 bits per heavy atom. The highest BCUT2D eigenvalue weighted by molar-refractivity contribution is 5.83. The van der Waals surface area contributed by atoms with Crippen LogP contribution >= 0.6 is 0 Å². The number of carbonyl (C=O) groups is 2. The lowest BCUT2D eigenvalue weighted by Gasteiger charge is -2.59. The van der Waals surface area contributed by atoms with Gasteiger partial charge in [-0.05, 0) is 61.7 Å². The Kier molecular flexibility index (Phi) is 4.31. The van der Waals surface area contributed by atoms with E-state index in [0.717, 1.165) is 32.1 Å². The zero-order chi connectivity index (χ0) is 16.8. The second-order valence-electron chi connectivity index (χ2n) is 8.43. The smallest absolute Gasteiger partial charge is 0.303 e. The lowest BCUT2D eigenvalue weighted by Crippen LogP contribution is -2.55. The summed E-state index contributed by atoms with van der Waals surface area (Å²) < 4.78 is 0. The minimum atomic E-state index is -0.781. The molecule has 0 bridgehead atoms. The van der Waals surface area contributed by atoms with Crippen molar-refractivity contribution in [1.29, 1.82) is 0 Å². The molecule has 0 saturated heterocycles. The molecule has 0 aromatic heterocycles. The molecule has 5 atom stereocenters. The van der Waals surface area contributed by atoms with Crippen molar-refractivity contribution in [3.05, 3.63) is 12.7 Å². The normalized spacial score (nSPS) is 44.9. The van der Waals surface area contributed by atoms with Crippen molar-refractivity contribution in [3.63, 3.8) is 0 Å². The van der Waals surface area contributed by atoms with Gasteiger partial charge < -0.3 is 5.11 Å². The highest BCUT2D eigenvalue weighted by Crippen LogP contribution is 2.63. The number of carbonyl (C=O) groups excluding carboxylic acids is 1. The average molecular weight is 306 g/mol. The summed E-state index contributed by atoms with van der Waals surface area (Å²) >= 11 is 0. The van der Waals surface area contributed by atoms with Gasteiger partial charge in [-0.1, -0.05) is 26.8 Å². The number of aliphatic carboxylic acids is 1. The highest BCUT2D eigenvalue weighted by Gasteiger charge is 2.58. The number of Topliss-reactive ketones (excluding diaryl/α,β-unsaturated/α-hetero) is 1. The third-order valence-electron chi connectivity index (χ3n) is 7.13. The number of allylic oxidation sites excluding steroid dienone is 1. The van der Waals surface area contributed by atoms with Crippen LogP contribution in [0.2, 0.25) is 0 Å². The van der Waals surface area contributed by atoms with Crippen molar-refractivity contribution in [1.82, 2.24) is 0 Å². The number of fused-ring (bicyclic) bond motifs is 1. The molecule has 0 amide bonds. The second-order valence-corrected chi connectivity index (χ2v) is 8.43. The molecular formula is C19H30O3. The predicted molar refractivity (Wildman–Crippen MR) is 87.5 cm³/mol. The maximum atomic E-state index is 12.3. The molecule has 0 unspecified atom stereocenters. The van der Waals surface area contributed by atoms with Crippen molar-refractivity contribution in [2.45, 2.75) is 66.2 Å². The monoisotopic (exact) mass is 306 g/mol. The minimum absolute atomic E-state index is 0.0560. The van der Waals surface area contributed by atoms with E-state index in [0.29, 0.717) is 5.92 Å². The highest BCUT2D eigenvalue weighted by atomic mass is 16.4. The Morgan fingerprint density at radius 3 is 2.36 bits per heavy atom. The minimum Gasteiger partial charge on any atom is -0.481 e. The largest absolute Gasteiger partial charge is 0.481 e. The fraction of sp³-hybridized carbons (Fsp3) is 0.789. The molecule has 0 heterocycles. The first kappa shape index (κ1) is 17.2. The SMILES string of the molecule is C=C[C@@]1(C)CC[C@@]2(C)[C@@H](CC[C@](C)(C(C)=O)[C@@H]2CC(=O)O)C1. The molecule has 3 heteroatoms. The van der Waals surface area contributed by atoms with Gasteiger partial charge in [0.1, 0.15) is 5.78 Å². The molecule has 3 nitrogen and oxygen atoms in total. The molecule has 2 fully saturated rings. The van der Waals surface area contributed by atoms with Gasteiger partial charge in [0.15, 0.2) is 0 Å². The summed E-state index contributed by atoms with van der Waals surface area (Å²) in [6.45, 7) is 12.1. The Labute approximate surface area is 134 Å². The number of ketones is 1. The van der Waals surface area contributed by atoms with E-state index in [4.69, 9.17) is 0 Å². The molecule has 2 aliphatic carbocycles. The summed E-state index contributed by atoms with van der Waals surface area (Å²) in [4.78, 5) is 23.8. The summed E-state index contributed by atoms with van der Waals surface area (Å²) in [6, 6.07) is 0. The lowest BCUT2D eigenvalue weighted by atomic mass is 9.44. The molecule has 0 aromatic carbocycles. The maximum Gasteiger partial charge on any atom is 0.303 e. The van der Waals surface area contributed by atoms with E-state index in [1.54, 1.807) is 6.92 Å². The van der Waals surface area contributed by atoms with Crippen LogP contribution in [-0.2, 0) is 9.59 Å². The Morgan fingerprint density at radius 2 is 1.86 bits per heavy atom. The van der Waals surface area contributed by atoms with Crippen LogP contribution in [-0.4, -0.2) is 16.9 Å². The van der Waals surface area contributed by atoms with Crippen LogP contribution in [0.15, 0.2) is 12.7 Å². The predicted octanol–water partition coefficient (Wildman–Crippen LogP) is 4.47. The molecule has 0 aliphatic heterocycles. The van der Waals surface area contributed by atoms with E-state index in [2.05, 4.69) is 26.5 Å². The second kappa shape index (κ2) is 5.50. The summed E-state index contributed by atoms with van der Waals surface area (Å²) in [7, 11) is 0. The Hall–Kier alpha value is -1.12. The first-order valence-corrected chi connectivity index (χ1v) is 8.44. The van der Waals surface area contributed by atoms with Crippen molar-refractivity contribution in [2.24, 2.45) is 28.1 Å². The van der Waals surface area contributed by atoms with E-state index in [9.17, 15) is 14.7 Å². The van der Waals surface area contributed by atoms with Gasteiger partial charge in [0, 0.05) is 11.8 Å².